The Morgan fingerprint density at radius 3 is 2.76 bits per heavy atom. The van der Waals surface area contributed by atoms with Gasteiger partial charge < -0.3 is 14.2 Å². The molecule has 21 heavy (non-hydrogen) atoms. The van der Waals surface area contributed by atoms with Crippen molar-refractivity contribution in [2.24, 2.45) is 0 Å². The first-order valence-electron chi connectivity index (χ1n) is 6.50. The van der Waals surface area contributed by atoms with Crippen LogP contribution in [0.3, 0.4) is 0 Å². The van der Waals surface area contributed by atoms with E-state index in [0.717, 1.165) is 5.56 Å². The minimum absolute atomic E-state index is 0.127. The minimum atomic E-state index is -0.782. The summed E-state index contributed by atoms with van der Waals surface area (Å²) >= 11 is 5.94. The largest absolute Gasteiger partial charge is 0.485 e. The third-order valence-electron chi connectivity index (χ3n) is 3.12. The lowest BCUT2D eigenvalue weighted by molar-refractivity contribution is -0.144. The van der Waals surface area contributed by atoms with E-state index in [1.165, 1.54) is 0 Å². The molecule has 108 valence electrons. The Labute approximate surface area is 127 Å². The zero-order valence-electron chi connectivity index (χ0n) is 11.3. The second-order valence-corrected chi connectivity index (χ2v) is 5.10. The Kier molecular flexibility index (Phi) is 3.71. The number of hydrogen-bond acceptors (Lipinski definition) is 4. The van der Waals surface area contributed by atoms with Crippen LogP contribution in [0, 0.1) is 6.92 Å². The second-order valence-electron chi connectivity index (χ2n) is 4.70. The topological polar surface area (TPSA) is 44.8 Å². The molecule has 0 unspecified atom stereocenters. The molecule has 1 aliphatic rings. The first-order valence-corrected chi connectivity index (χ1v) is 6.87. The number of halogens is 1. The van der Waals surface area contributed by atoms with Gasteiger partial charge in [-0.2, -0.15) is 0 Å². The van der Waals surface area contributed by atoms with Gasteiger partial charge in [0.1, 0.15) is 12.4 Å². The smallest absolute Gasteiger partial charge is 0.356 e. The summed E-state index contributed by atoms with van der Waals surface area (Å²) in [6.07, 6.45) is -0.782. The molecule has 0 saturated heterocycles. The van der Waals surface area contributed by atoms with Crippen molar-refractivity contribution in [3.63, 3.8) is 0 Å². The average Bonchev–Trinajstić information content (AvgIpc) is 2.50. The van der Waals surface area contributed by atoms with Gasteiger partial charge in [0, 0.05) is 5.02 Å². The first kappa shape index (κ1) is 13.8. The summed E-state index contributed by atoms with van der Waals surface area (Å²) in [6.45, 7) is 1.97. The molecule has 0 N–H and O–H groups in total. The molecule has 2 aromatic rings. The van der Waals surface area contributed by atoms with Crippen molar-refractivity contribution in [2.75, 3.05) is 6.61 Å². The summed E-state index contributed by atoms with van der Waals surface area (Å²) in [5.74, 6) is 1.11. The van der Waals surface area contributed by atoms with E-state index in [9.17, 15) is 4.79 Å². The number of hydrogen-bond donors (Lipinski definition) is 0. The molecule has 3 rings (SSSR count). The summed E-state index contributed by atoms with van der Waals surface area (Å²) < 4.78 is 16.4. The molecule has 5 heteroatoms. The molecular weight excluding hydrogens is 292 g/mol. The van der Waals surface area contributed by atoms with E-state index >= 15 is 0 Å². The Balaban J connectivity index is 1.70. The fourth-order valence-electron chi connectivity index (χ4n) is 2.00. The van der Waals surface area contributed by atoms with Gasteiger partial charge >= 0.3 is 5.97 Å². The highest BCUT2D eigenvalue weighted by molar-refractivity contribution is 6.31. The van der Waals surface area contributed by atoms with Gasteiger partial charge in [-0.1, -0.05) is 23.7 Å². The Morgan fingerprint density at radius 1 is 1.24 bits per heavy atom. The van der Waals surface area contributed by atoms with Crippen LogP contribution in [-0.4, -0.2) is 18.7 Å². The second kappa shape index (κ2) is 5.66. The van der Waals surface area contributed by atoms with E-state index in [0.29, 0.717) is 22.3 Å². The Bertz CT molecular complexity index is 684. The normalized spacial score (nSPS) is 16.4. The predicted molar refractivity (Wildman–Crippen MR) is 78.2 cm³/mol. The molecule has 0 saturated carbocycles. The molecule has 0 aromatic heterocycles. The Hall–Kier alpha value is -2.20. The van der Waals surface area contributed by atoms with Crippen LogP contribution >= 0.6 is 11.6 Å². The molecule has 1 heterocycles. The van der Waals surface area contributed by atoms with Gasteiger partial charge in [0.05, 0.1) is 0 Å². The SMILES string of the molecule is Cc1cc(OC(=O)[C@H]2COc3ccccc3O2)ccc1Cl. The maximum atomic E-state index is 12.1. The van der Waals surface area contributed by atoms with Crippen LogP contribution in [0.5, 0.6) is 17.2 Å². The summed E-state index contributed by atoms with van der Waals surface area (Å²) in [5.41, 5.74) is 0.841. The monoisotopic (exact) mass is 304 g/mol. The summed E-state index contributed by atoms with van der Waals surface area (Å²) in [4.78, 5) is 12.1. The van der Waals surface area contributed by atoms with Gasteiger partial charge in [0.25, 0.3) is 0 Å². The molecule has 4 nitrogen and oxygen atoms in total. The highest BCUT2D eigenvalue weighted by Crippen LogP contribution is 2.31. The van der Waals surface area contributed by atoms with E-state index in [1.54, 1.807) is 30.3 Å². The summed E-state index contributed by atoms with van der Waals surface area (Å²) in [6, 6.07) is 12.2. The molecule has 1 atom stereocenters. The van der Waals surface area contributed by atoms with Gasteiger partial charge in [-0.25, -0.2) is 4.79 Å². The molecule has 0 fully saturated rings. The van der Waals surface area contributed by atoms with Crippen molar-refractivity contribution in [1.82, 2.24) is 0 Å². The highest BCUT2D eigenvalue weighted by atomic mass is 35.5. The van der Waals surface area contributed by atoms with Crippen LogP contribution in [-0.2, 0) is 4.79 Å². The maximum Gasteiger partial charge on any atom is 0.356 e. The van der Waals surface area contributed by atoms with E-state index in [-0.39, 0.29) is 6.61 Å². The van der Waals surface area contributed by atoms with Gasteiger partial charge in [0.2, 0.25) is 6.10 Å². The van der Waals surface area contributed by atoms with Gasteiger partial charge in [0.15, 0.2) is 11.5 Å². The molecule has 0 amide bonds. The lowest BCUT2D eigenvalue weighted by atomic mass is 10.2. The third-order valence-corrected chi connectivity index (χ3v) is 3.54. The lowest BCUT2D eigenvalue weighted by Gasteiger charge is -2.24. The predicted octanol–water partition coefficient (Wildman–Crippen LogP) is 3.39. The van der Waals surface area contributed by atoms with Gasteiger partial charge in [-0.3, -0.25) is 0 Å². The van der Waals surface area contributed by atoms with Crippen molar-refractivity contribution >= 4 is 17.6 Å². The minimum Gasteiger partial charge on any atom is -0.485 e. The fraction of sp³-hybridized carbons (Fsp3) is 0.188. The summed E-state index contributed by atoms with van der Waals surface area (Å²) in [5, 5.41) is 0.626. The van der Waals surface area contributed by atoms with Crippen molar-refractivity contribution < 1.29 is 19.0 Å². The number of ether oxygens (including phenoxy) is 3. The number of aryl methyl sites for hydroxylation is 1. The number of carbonyl (C=O) groups excluding carboxylic acids is 1. The third kappa shape index (κ3) is 2.95. The van der Waals surface area contributed by atoms with Crippen LogP contribution < -0.4 is 14.2 Å². The molecule has 0 spiro atoms. The lowest BCUT2D eigenvalue weighted by Crippen LogP contribution is -2.39. The van der Waals surface area contributed by atoms with Crippen LogP contribution in [0.4, 0.5) is 0 Å². The molecule has 0 bridgehead atoms. The van der Waals surface area contributed by atoms with Crippen LogP contribution in [0.15, 0.2) is 42.5 Å². The molecular formula is C16H13ClO4. The first-order chi connectivity index (χ1) is 10.1. The van der Waals surface area contributed by atoms with E-state index in [1.807, 2.05) is 19.1 Å². The average molecular weight is 305 g/mol. The highest BCUT2D eigenvalue weighted by Gasteiger charge is 2.29. The van der Waals surface area contributed by atoms with E-state index < -0.39 is 12.1 Å². The fourth-order valence-corrected chi connectivity index (χ4v) is 2.12. The summed E-state index contributed by atoms with van der Waals surface area (Å²) in [7, 11) is 0. The van der Waals surface area contributed by atoms with E-state index in [2.05, 4.69) is 0 Å². The van der Waals surface area contributed by atoms with Crippen molar-refractivity contribution in [3.8, 4) is 17.2 Å². The zero-order valence-corrected chi connectivity index (χ0v) is 12.1. The van der Waals surface area contributed by atoms with Gasteiger partial charge in [-0.05, 0) is 42.8 Å². The zero-order chi connectivity index (χ0) is 14.8. The van der Waals surface area contributed by atoms with Crippen molar-refractivity contribution in [2.45, 2.75) is 13.0 Å². The van der Waals surface area contributed by atoms with Crippen molar-refractivity contribution in [3.05, 3.63) is 53.1 Å². The number of para-hydroxylation sites is 2. The van der Waals surface area contributed by atoms with Crippen LogP contribution in [0.1, 0.15) is 5.56 Å². The number of carbonyl (C=O) groups is 1. The van der Waals surface area contributed by atoms with Crippen molar-refractivity contribution in [1.29, 1.82) is 0 Å². The quantitative estimate of drug-likeness (QED) is 0.630. The molecule has 1 aliphatic heterocycles. The number of rotatable bonds is 2. The maximum absolute atomic E-state index is 12.1. The molecule has 2 aromatic carbocycles. The van der Waals surface area contributed by atoms with Crippen LogP contribution in [0.25, 0.3) is 0 Å². The standard InChI is InChI=1S/C16H13ClO4/c1-10-8-11(6-7-12(10)17)20-16(18)15-9-19-13-4-2-3-5-14(13)21-15/h2-8,15H,9H2,1H3/t15-/m1/s1. The number of esters is 1. The molecule has 0 aliphatic carbocycles. The van der Waals surface area contributed by atoms with Crippen LogP contribution in [0.2, 0.25) is 5.02 Å². The Morgan fingerprint density at radius 2 is 2.00 bits per heavy atom. The van der Waals surface area contributed by atoms with E-state index in [4.69, 9.17) is 25.8 Å². The van der Waals surface area contributed by atoms with Gasteiger partial charge in [-0.15, -0.1) is 0 Å². The number of benzene rings is 2. The number of fused-ring (bicyclic) bond motifs is 1. The molecule has 0 radical (unpaired) electrons.